The molecule has 0 amide bonds. The molecule has 0 saturated carbocycles. The molecule has 1 N–H and O–H groups in total. The average Bonchev–Trinajstić information content (AvgIpc) is 2.66. The Morgan fingerprint density at radius 1 is 1.03 bits per heavy atom. The van der Waals surface area contributed by atoms with E-state index in [0.717, 1.165) is 12.0 Å². The Morgan fingerprint density at radius 2 is 1.70 bits per heavy atom. The van der Waals surface area contributed by atoms with E-state index in [0.29, 0.717) is 24.3 Å². The molecule has 0 aromatic heterocycles. The van der Waals surface area contributed by atoms with Crippen LogP contribution < -0.4 is 13.8 Å². The van der Waals surface area contributed by atoms with Crippen LogP contribution in [-0.4, -0.2) is 36.2 Å². The van der Waals surface area contributed by atoms with Crippen molar-refractivity contribution >= 4 is 31.4 Å². The topological polar surface area (TPSA) is 92.8 Å². The maximum Gasteiger partial charge on any atom is 0.265 e. The van der Waals surface area contributed by atoms with E-state index in [9.17, 15) is 16.8 Å². The van der Waals surface area contributed by atoms with Gasteiger partial charge in [0.05, 0.1) is 18.6 Å². The molecule has 164 valence electrons. The van der Waals surface area contributed by atoms with Crippen molar-refractivity contribution in [2.45, 2.75) is 43.9 Å². The van der Waals surface area contributed by atoms with Crippen molar-refractivity contribution in [2.24, 2.45) is 0 Å². The molecule has 2 aromatic rings. The van der Waals surface area contributed by atoms with Gasteiger partial charge in [-0.15, -0.1) is 0 Å². The second-order valence-corrected chi connectivity index (χ2v) is 12.0. The lowest BCUT2D eigenvalue weighted by molar-refractivity contribution is 0.403. The van der Waals surface area contributed by atoms with Crippen molar-refractivity contribution in [3.8, 4) is 5.75 Å². The van der Waals surface area contributed by atoms with Crippen LogP contribution in [0.4, 0.5) is 11.4 Å². The third kappa shape index (κ3) is 4.73. The zero-order chi connectivity index (χ0) is 22.2. The first-order chi connectivity index (χ1) is 13.9. The fourth-order valence-corrected chi connectivity index (χ4v) is 6.24. The number of anilines is 2. The minimum Gasteiger partial charge on any atom is -0.495 e. The lowest BCUT2D eigenvalue weighted by Crippen LogP contribution is -2.37. The Hall–Kier alpha value is -2.26. The van der Waals surface area contributed by atoms with Gasteiger partial charge < -0.3 is 4.74 Å². The number of hydrogen-bond acceptors (Lipinski definition) is 5. The normalized spacial score (nSPS) is 16.9. The van der Waals surface area contributed by atoms with E-state index in [1.165, 1.54) is 23.5 Å². The summed E-state index contributed by atoms with van der Waals surface area (Å²) < 4.78 is 60.1. The van der Waals surface area contributed by atoms with Gasteiger partial charge in [0.25, 0.3) is 10.0 Å². The van der Waals surface area contributed by atoms with E-state index in [1.54, 1.807) is 18.2 Å². The first kappa shape index (κ1) is 22.4. The highest BCUT2D eigenvalue weighted by atomic mass is 32.2. The van der Waals surface area contributed by atoms with Gasteiger partial charge in [-0.2, -0.15) is 0 Å². The molecule has 1 aliphatic heterocycles. The Labute approximate surface area is 179 Å². The molecule has 1 aliphatic rings. The molecule has 9 heteroatoms. The largest absolute Gasteiger partial charge is 0.495 e. The summed E-state index contributed by atoms with van der Waals surface area (Å²) in [5, 5.41) is 0. The van der Waals surface area contributed by atoms with Crippen molar-refractivity contribution in [3.05, 3.63) is 48.0 Å². The highest BCUT2D eigenvalue weighted by Crippen LogP contribution is 2.33. The molecule has 3 rings (SSSR count). The zero-order valence-corrected chi connectivity index (χ0v) is 19.3. The smallest absolute Gasteiger partial charge is 0.265 e. The fourth-order valence-electron chi connectivity index (χ4n) is 3.36. The van der Waals surface area contributed by atoms with Gasteiger partial charge in [0.15, 0.2) is 0 Å². The third-order valence-corrected chi connectivity index (χ3v) is 8.35. The Balaban J connectivity index is 1.96. The summed E-state index contributed by atoms with van der Waals surface area (Å²) in [5.74, 6) is 0.200. The molecular formula is C21H28N2O5S2. The van der Waals surface area contributed by atoms with E-state index in [-0.39, 0.29) is 21.8 Å². The van der Waals surface area contributed by atoms with Gasteiger partial charge in [-0.1, -0.05) is 32.9 Å². The first-order valence-electron chi connectivity index (χ1n) is 9.76. The molecule has 1 heterocycles. The van der Waals surface area contributed by atoms with E-state index in [4.69, 9.17) is 4.74 Å². The standard InChI is InChI=1S/C21H28N2O5S2/c1-21(2,3)16-7-9-17(10-8-16)22-30(26,27)20-15-18(11-12-19(20)28-4)23-13-5-6-14-29(23,24)25/h7-12,15,22H,5-6,13-14H2,1-4H3. The van der Waals surface area contributed by atoms with Crippen LogP contribution in [0.1, 0.15) is 39.2 Å². The van der Waals surface area contributed by atoms with Crippen LogP contribution in [0, 0.1) is 0 Å². The molecule has 0 spiro atoms. The van der Waals surface area contributed by atoms with Crippen molar-refractivity contribution in [1.82, 2.24) is 0 Å². The van der Waals surface area contributed by atoms with E-state index >= 15 is 0 Å². The van der Waals surface area contributed by atoms with E-state index < -0.39 is 20.0 Å². The molecule has 1 saturated heterocycles. The number of nitrogens with one attached hydrogen (secondary N) is 1. The predicted molar refractivity (Wildman–Crippen MR) is 119 cm³/mol. The summed E-state index contributed by atoms with van der Waals surface area (Å²) in [6.45, 7) is 6.57. The summed E-state index contributed by atoms with van der Waals surface area (Å²) in [4.78, 5) is -0.108. The summed E-state index contributed by atoms with van der Waals surface area (Å²) in [6, 6.07) is 11.6. The molecule has 0 aliphatic carbocycles. The Morgan fingerprint density at radius 3 is 2.27 bits per heavy atom. The van der Waals surface area contributed by atoms with Crippen LogP contribution in [0.3, 0.4) is 0 Å². The van der Waals surface area contributed by atoms with Gasteiger partial charge in [-0.25, -0.2) is 16.8 Å². The third-order valence-electron chi connectivity index (χ3n) is 5.08. The number of rotatable bonds is 5. The van der Waals surface area contributed by atoms with Crippen LogP contribution in [-0.2, 0) is 25.5 Å². The molecular weight excluding hydrogens is 424 g/mol. The lowest BCUT2D eigenvalue weighted by Gasteiger charge is -2.28. The van der Waals surface area contributed by atoms with Gasteiger partial charge in [0.1, 0.15) is 10.6 Å². The maximum absolute atomic E-state index is 13.1. The molecule has 0 unspecified atom stereocenters. The minimum absolute atomic E-state index is 0.0467. The quantitative estimate of drug-likeness (QED) is 0.746. The van der Waals surface area contributed by atoms with E-state index in [2.05, 4.69) is 25.5 Å². The number of methoxy groups -OCH3 is 1. The predicted octanol–water partition coefficient (Wildman–Crippen LogP) is 3.72. The summed E-state index contributed by atoms with van der Waals surface area (Å²) in [6.07, 6.45) is 1.33. The van der Waals surface area contributed by atoms with Gasteiger partial charge in [0, 0.05) is 12.2 Å². The number of benzene rings is 2. The van der Waals surface area contributed by atoms with Crippen molar-refractivity contribution in [3.63, 3.8) is 0 Å². The molecule has 1 fully saturated rings. The van der Waals surface area contributed by atoms with Crippen molar-refractivity contribution in [1.29, 1.82) is 0 Å². The summed E-state index contributed by atoms with van der Waals surface area (Å²) in [7, 11) is -6.08. The van der Waals surface area contributed by atoms with Crippen LogP contribution in [0.25, 0.3) is 0 Å². The average molecular weight is 453 g/mol. The molecule has 30 heavy (non-hydrogen) atoms. The molecule has 0 bridgehead atoms. The van der Waals surface area contributed by atoms with Crippen molar-refractivity contribution in [2.75, 3.05) is 28.4 Å². The van der Waals surface area contributed by atoms with Crippen LogP contribution >= 0.6 is 0 Å². The second kappa shape index (κ2) is 8.11. The Kier molecular flexibility index (Phi) is 6.06. The summed E-state index contributed by atoms with van der Waals surface area (Å²) in [5.41, 5.74) is 1.77. The number of nitrogens with zero attached hydrogens (tertiary/aromatic N) is 1. The van der Waals surface area contributed by atoms with Crippen LogP contribution in [0.5, 0.6) is 5.75 Å². The van der Waals surface area contributed by atoms with E-state index in [1.807, 2.05) is 12.1 Å². The molecule has 0 radical (unpaired) electrons. The molecule has 7 nitrogen and oxygen atoms in total. The minimum atomic E-state index is -4.00. The fraction of sp³-hybridized carbons (Fsp3) is 0.429. The van der Waals surface area contributed by atoms with Crippen LogP contribution in [0.15, 0.2) is 47.4 Å². The number of ether oxygens (including phenoxy) is 1. The summed E-state index contributed by atoms with van der Waals surface area (Å²) >= 11 is 0. The van der Waals surface area contributed by atoms with Gasteiger partial charge >= 0.3 is 0 Å². The second-order valence-electron chi connectivity index (χ2n) is 8.36. The highest BCUT2D eigenvalue weighted by molar-refractivity contribution is 7.93. The SMILES string of the molecule is COc1ccc(N2CCCCS2(=O)=O)cc1S(=O)(=O)Nc1ccc(C(C)(C)C)cc1. The highest BCUT2D eigenvalue weighted by Gasteiger charge is 2.29. The van der Waals surface area contributed by atoms with Crippen molar-refractivity contribution < 1.29 is 21.6 Å². The van der Waals surface area contributed by atoms with Gasteiger partial charge in [-0.05, 0) is 54.2 Å². The number of sulfonamides is 2. The first-order valence-corrected chi connectivity index (χ1v) is 12.9. The monoisotopic (exact) mass is 452 g/mol. The van der Waals surface area contributed by atoms with Gasteiger partial charge in [0.2, 0.25) is 10.0 Å². The van der Waals surface area contributed by atoms with Gasteiger partial charge in [-0.3, -0.25) is 9.03 Å². The maximum atomic E-state index is 13.1. The lowest BCUT2D eigenvalue weighted by atomic mass is 9.87. The molecule has 0 atom stereocenters. The van der Waals surface area contributed by atoms with Crippen LogP contribution in [0.2, 0.25) is 0 Å². The number of hydrogen-bond donors (Lipinski definition) is 1. The zero-order valence-electron chi connectivity index (χ0n) is 17.7. The Bertz CT molecular complexity index is 1120. The molecule has 2 aromatic carbocycles.